The highest BCUT2D eigenvalue weighted by Crippen LogP contribution is 2.59. The minimum atomic E-state index is -2.11. The molecule has 1 saturated carbocycles. The molecule has 58 heavy (non-hydrogen) atoms. The standard InChI is InChI=1S/C44H72O12Si2/c1-43(2,3)57(9,10)55-35-17-13-33(14-18-35)37-39(41(45)53-31-29-51-27-25-49-23-21-47-7)38(34-15-19-36(20-16-34)56-58(11,12)44(4,5)6)40(37)42(46)54-32-30-52-28-26-50-24-22-48-8/h13-20,37-40H,21-32H2,1-12H3. The van der Waals surface area contributed by atoms with E-state index in [0.29, 0.717) is 52.9 Å². The summed E-state index contributed by atoms with van der Waals surface area (Å²) in [6, 6.07) is 15.6. The van der Waals surface area contributed by atoms with Crippen molar-refractivity contribution in [1.29, 1.82) is 0 Å². The molecule has 0 amide bonds. The highest BCUT2D eigenvalue weighted by atomic mass is 28.4. The maximum atomic E-state index is 14.2. The van der Waals surface area contributed by atoms with E-state index >= 15 is 0 Å². The van der Waals surface area contributed by atoms with Crippen LogP contribution in [0.5, 0.6) is 11.5 Å². The first kappa shape index (κ1) is 49.5. The van der Waals surface area contributed by atoms with Crippen molar-refractivity contribution in [3.63, 3.8) is 0 Å². The van der Waals surface area contributed by atoms with Gasteiger partial charge in [-0.1, -0.05) is 65.8 Å². The molecular weight excluding hydrogens is 777 g/mol. The molecule has 12 nitrogen and oxygen atoms in total. The number of hydrogen-bond acceptors (Lipinski definition) is 12. The Labute approximate surface area is 350 Å². The van der Waals surface area contributed by atoms with E-state index in [4.69, 9.17) is 46.7 Å². The molecule has 0 heterocycles. The first-order valence-electron chi connectivity index (χ1n) is 20.5. The van der Waals surface area contributed by atoms with Gasteiger partial charge in [0.1, 0.15) is 24.7 Å². The summed E-state index contributed by atoms with van der Waals surface area (Å²) in [6.07, 6.45) is 0. The third-order valence-electron chi connectivity index (χ3n) is 11.5. The van der Waals surface area contributed by atoms with Crippen LogP contribution in [0, 0.1) is 11.8 Å². The minimum absolute atomic E-state index is 0.0172. The number of ether oxygens (including phenoxy) is 8. The second kappa shape index (κ2) is 23.2. The summed E-state index contributed by atoms with van der Waals surface area (Å²) in [4.78, 5) is 28.4. The smallest absolute Gasteiger partial charge is 0.310 e. The van der Waals surface area contributed by atoms with Gasteiger partial charge in [0.15, 0.2) is 0 Å². The fourth-order valence-corrected chi connectivity index (χ4v) is 8.16. The van der Waals surface area contributed by atoms with E-state index in [2.05, 4.69) is 67.7 Å². The second-order valence-corrected chi connectivity index (χ2v) is 27.2. The Morgan fingerprint density at radius 1 is 0.466 bits per heavy atom. The fourth-order valence-electron chi connectivity index (χ4n) is 6.10. The topological polar surface area (TPSA) is 126 Å². The molecule has 1 aliphatic rings. The van der Waals surface area contributed by atoms with Crippen molar-refractivity contribution in [3.05, 3.63) is 59.7 Å². The van der Waals surface area contributed by atoms with E-state index < -0.39 is 52.2 Å². The Balaban J connectivity index is 1.90. The van der Waals surface area contributed by atoms with Gasteiger partial charge < -0.3 is 46.7 Å². The highest BCUT2D eigenvalue weighted by Gasteiger charge is 2.59. The quantitative estimate of drug-likeness (QED) is 0.0517. The lowest BCUT2D eigenvalue weighted by Crippen LogP contribution is -2.52. The molecule has 0 radical (unpaired) electrons. The van der Waals surface area contributed by atoms with E-state index in [1.165, 1.54) is 0 Å². The van der Waals surface area contributed by atoms with Crippen molar-refractivity contribution in [2.45, 2.75) is 89.6 Å². The van der Waals surface area contributed by atoms with Crippen LogP contribution in [0.3, 0.4) is 0 Å². The van der Waals surface area contributed by atoms with E-state index in [9.17, 15) is 9.59 Å². The summed E-state index contributed by atoms with van der Waals surface area (Å²) in [5, 5.41) is 0.0344. The maximum Gasteiger partial charge on any atom is 0.310 e. The summed E-state index contributed by atoms with van der Waals surface area (Å²) in [7, 11) is -0.971. The number of hydrogen-bond donors (Lipinski definition) is 0. The molecule has 0 saturated heterocycles. The van der Waals surface area contributed by atoms with Gasteiger partial charge >= 0.3 is 11.9 Å². The minimum Gasteiger partial charge on any atom is -0.544 e. The van der Waals surface area contributed by atoms with Crippen LogP contribution in [0.1, 0.15) is 64.5 Å². The molecule has 0 unspecified atom stereocenters. The van der Waals surface area contributed by atoms with Crippen LogP contribution in [0.4, 0.5) is 0 Å². The van der Waals surface area contributed by atoms with Gasteiger partial charge in [0.05, 0.1) is 77.9 Å². The van der Waals surface area contributed by atoms with Crippen LogP contribution >= 0.6 is 0 Å². The third kappa shape index (κ3) is 14.7. The van der Waals surface area contributed by atoms with Crippen molar-refractivity contribution < 1.29 is 56.3 Å². The van der Waals surface area contributed by atoms with Crippen molar-refractivity contribution in [3.8, 4) is 11.5 Å². The number of carbonyl (C=O) groups excluding carboxylic acids is 2. The lowest BCUT2D eigenvalue weighted by molar-refractivity contribution is -0.169. The number of rotatable bonds is 26. The number of methoxy groups -OCH3 is 2. The van der Waals surface area contributed by atoms with Crippen LogP contribution in [-0.2, 0) is 47.5 Å². The zero-order chi connectivity index (χ0) is 43.0. The third-order valence-corrected chi connectivity index (χ3v) is 20.2. The monoisotopic (exact) mass is 848 g/mol. The summed E-state index contributed by atoms with van der Waals surface area (Å²) in [5.74, 6) is -1.66. The maximum absolute atomic E-state index is 14.2. The summed E-state index contributed by atoms with van der Waals surface area (Å²) < 4.78 is 57.2. The Hall–Kier alpha value is -2.83. The summed E-state index contributed by atoms with van der Waals surface area (Å²) in [6.45, 7) is 26.1. The molecule has 328 valence electrons. The van der Waals surface area contributed by atoms with Crippen LogP contribution in [0.2, 0.25) is 36.3 Å². The number of carbonyl (C=O) groups is 2. The van der Waals surface area contributed by atoms with Gasteiger partial charge in [-0.2, -0.15) is 0 Å². The van der Waals surface area contributed by atoms with Crippen LogP contribution in [0.25, 0.3) is 0 Å². The molecule has 2 aromatic rings. The molecule has 0 spiro atoms. The average molecular weight is 849 g/mol. The van der Waals surface area contributed by atoms with E-state index in [0.717, 1.165) is 22.6 Å². The molecule has 1 aliphatic carbocycles. The zero-order valence-corrected chi connectivity index (χ0v) is 39.3. The van der Waals surface area contributed by atoms with Crippen molar-refractivity contribution in [2.24, 2.45) is 11.8 Å². The van der Waals surface area contributed by atoms with Gasteiger partial charge in [0.2, 0.25) is 16.6 Å². The Bertz CT molecular complexity index is 1380. The SMILES string of the molecule is COCCOCCOCCOC(=O)C1C(c2ccc(O[Si](C)(C)C(C)(C)C)cc2)C(C(=O)OCCOCCOCCOC)C1c1ccc(O[Si](C)(C)C(C)(C)C)cc1. The van der Waals surface area contributed by atoms with E-state index in [1.807, 2.05) is 48.5 Å². The average Bonchev–Trinajstić information content (AvgIpc) is 3.13. The van der Waals surface area contributed by atoms with E-state index in [-0.39, 0.29) is 36.5 Å². The van der Waals surface area contributed by atoms with Gasteiger partial charge in [-0.25, -0.2) is 0 Å². The van der Waals surface area contributed by atoms with Gasteiger partial charge in [-0.3, -0.25) is 9.59 Å². The molecule has 14 heteroatoms. The molecule has 1 fully saturated rings. The van der Waals surface area contributed by atoms with Crippen molar-refractivity contribution in [2.75, 3.05) is 93.5 Å². The summed E-state index contributed by atoms with van der Waals surface area (Å²) >= 11 is 0. The number of benzene rings is 2. The molecule has 0 bridgehead atoms. The van der Waals surface area contributed by atoms with Crippen LogP contribution in [0.15, 0.2) is 48.5 Å². The first-order chi connectivity index (χ1) is 27.3. The molecule has 3 rings (SSSR count). The Morgan fingerprint density at radius 2 is 0.741 bits per heavy atom. The lowest BCUT2D eigenvalue weighted by atomic mass is 9.52. The van der Waals surface area contributed by atoms with Gasteiger partial charge in [0.25, 0.3) is 0 Å². The van der Waals surface area contributed by atoms with Crippen molar-refractivity contribution >= 4 is 28.6 Å². The number of esters is 2. The first-order valence-corrected chi connectivity index (χ1v) is 26.4. The highest BCUT2D eigenvalue weighted by molar-refractivity contribution is 6.75. The molecule has 2 aromatic carbocycles. The molecule has 0 atom stereocenters. The predicted octanol–water partition coefficient (Wildman–Crippen LogP) is 8.01. The molecule has 0 aliphatic heterocycles. The molecule has 0 N–H and O–H groups in total. The Kier molecular flexibility index (Phi) is 19.9. The lowest BCUT2D eigenvalue weighted by Gasteiger charge is -2.49. The predicted molar refractivity (Wildman–Crippen MR) is 230 cm³/mol. The summed E-state index contributed by atoms with van der Waals surface area (Å²) in [5.41, 5.74) is 1.66. The van der Waals surface area contributed by atoms with Gasteiger partial charge in [0, 0.05) is 26.1 Å². The zero-order valence-electron chi connectivity index (χ0n) is 37.3. The largest absolute Gasteiger partial charge is 0.544 e. The van der Waals surface area contributed by atoms with Gasteiger partial charge in [-0.05, 0) is 71.7 Å². The molecular formula is C44H72O12Si2. The van der Waals surface area contributed by atoms with Crippen molar-refractivity contribution in [1.82, 2.24) is 0 Å². The molecule has 0 aromatic heterocycles. The van der Waals surface area contributed by atoms with Crippen LogP contribution in [-0.4, -0.2) is 122 Å². The van der Waals surface area contributed by atoms with E-state index in [1.54, 1.807) is 14.2 Å². The van der Waals surface area contributed by atoms with Gasteiger partial charge in [-0.15, -0.1) is 0 Å². The fraction of sp³-hybridized carbons (Fsp3) is 0.682. The Morgan fingerprint density at radius 3 is 1.02 bits per heavy atom. The van der Waals surface area contributed by atoms with Crippen LogP contribution < -0.4 is 8.85 Å². The second-order valence-electron chi connectivity index (χ2n) is 17.7. The normalized spacial score (nSPS) is 18.7.